The third-order valence-corrected chi connectivity index (χ3v) is 3.47. The van der Waals surface area contributed by atoms with E-state index in [9.17, 15) is 4.39 Å². The molecule has 1 aromatic carbocycles. The maximum atomic E-state index is 13.8. The van der Waals surface area contributed by atoms with E-state index in [1.807, 2.05) is 0 Å². The molecule has 0 bridgehead atoms. The number of nitrogen functional groups attached to an aromatic ring is 1. The first-order valence-corrected chi connectivity index (χ1v) is 6.42. The van der Waals surface area contributed by atoms with Crippen LogP contribution in [0.25, 0.3) is 11.0 Å². The molecular weight excluding hydrogens is 249 g/mol. The lowest BCUT2D eigenvalue weighted by atomic mass is 9.99. The summed E-state index contributed by atoms with van der Waals surface area (Å²) in [5.74, 6) is 0.577. The Bertz CT molecular complexity index is 579. The van der Waals surface area contributed by atoms with E-state index >= 15 is 0 Å². The number of ether oxygens (including phenoxy) is 1. The number of halogens is 1. The van der Waals surface area contributed by atoms with Crippen LogP contribution in [0.15, 0.2) is 16.7 Å². The summed E-state index contributed by atoms with van der Waals surface area (Å²) in [4.78, 5) is 0. The summed E-state index contributed by atoms with van der Waals surface area (Å²) in [6, 6.07) is 2.96. The van der Waals surface area contributed by atoms with Crippen molar-refractivity contribution in [1.82, 2.24) is 10.5 Å². The number of nitrogens with two attached hydrogens (primary N) is 1. The van der Waals surface area contributed by atoms with Gasteiger partial charge in [-0.1, -0.05) is 5.16 Å². The summed E-state index contributed by atoms with van der Waals surface area (Å²) in [6.45, 7) is 2.62. The number of nitrogens with zero attached hydrogens (tertiary/aromatic N) is 1. The van der Waals surface area contributed by atoms with Crippen molar-refractivity contribution in [2.45, 2.75) is 12.8 Å². The van der Waals surface area contributed by atoms with Crippen LogP contribution in [0.5, 0.6) is 5.75 Å². The summed E-state index contributed by atoms with van der Waals surface area (Å²) in [6.07, 6.45) is 2.17. The highest BCUT2D eigenvalue weighted by Gasteiger charge is 2.16. The van der Waals surface area contributed by atoms with Crippen LogP contribution < -0.4 is 15.8 Å². The highest BCUT2D eigenvalue weighted by atomic mass is 19.1. The molecule has 2 heterocycles. The standard InChI is InChI=1S/C13H16FN3O2/c14-10-5-9(6-11-12(10)13(15)17-19-11)18-7-8-1-3-16-4-2-8/h5-6,8,16H,1-4,7H2,(H2,15,17). The van der Waals surface area contributed by atoms with E-state index in [4.69, 9.17) is 15.0 Å². The molecule has 0 amide bonds. The van der Waals surface area contributed by atoms with Crippen LogP contribution in [0, 0.1) is 11.7 Å². The van der Waals surface area contributed by atoms with Crippen molar-refractivity contribution in [1.29, 1.82) is 0 Å². The molecule has 1 saturated heterocycles. The summed E-state index contributed by atoms with van der Waals surface area (Å²) in [5, 5.41) is 7.06. The first-order valence-electron chi connectivity index (χ1n) is 6.42. The zero-order valence-electron chi connectivity index (χ0n) is 10.5. The quantitative estimate of drug-likeness (QED) is 0.887. The van der Waals surface area contributed by atoms with Gasteiger partial charge in [-0.25, -0.2) is 4.39 Å². The average Bonchev–Trinajstić information content (AvgIpc) is 2.80. The van der Waals surface area contributed by atoms with E-state index in [1.54, 1.807) is 6.07 Å². The van der Waals surface area contributed by atoms with Crippen molar-refractivity contribution in [3.05, 3.63) is 17.9 Å². The van der Waals surface area contributed by atoms with Crippen molar-refractivity contribution in [2.75, 3.05) is 25.4 Å². The molecule has 3 N–H and O–H groups in total. The number of piperidine rings is 1. The second-order valence-electron chi connectivity index (χ2n) is 4.85. The van der Waals surface area contributed by atoms with Crippen LogP contribution >= 0.6 is 0 Å². The average molecular weight is 265 g/mol. The van der Waals surface area contributed by atoms with Gasteiger partial charge in [0.2, 0.25) is 0 Å². The zero-order chi connectivity index (χ0) is 13.2. The minimum Gasteiger partial charge on any atom is -0.493 e. The summed E-state index contributed by atoms with van der Waals surface area (Å²) in [5.41, 5.74) is 5.84. The van der Waals surface area contributed by atoms with Gasteiger partial charge in [-0.3, -0.25) is 0 Å². The molecule has 3 rings (SSSR count). The Hall–Kier alpha value is -1.82. The highest BCUT2D eigenvalue weighted by molar-refractivity contribution is 5.88. The maximum Gasteiger partial charge on any atom is 0.177 e. The van der Waals surface area contributed by atoms with Crippen molar-refractivity contribution in [2.24, 2.45) is 5.92 Å². The van der Waals surface area contributed by atoms with Crippen LogP contribution in [0.4, 0.5) is 10.2 Å². The van der Waals surface area contributed by atoms with Gasteiger partial charge in [-0.2, -0.15) is 0 Å². The molecule has 0 unspecified atom stereocenters. The number of rotatable bonds is 3. The molecule has 102 valence electrons. The fourth-order valence-corrected chi connectivity index (χ4v) is 2.37. The van der Waals surface area contributed by atoms with Gasteiger partial charge in [0, 0.05) is 12.1 Å². The predicted octanol–water partition coefficient (Wildman–Crippen LogP) is 1.93. The van der Waals surface area contributed by atoms with E-state index in [0.29, 0.717) is 23.9 Å². The predicted molar refractivity (Wildman–Crippen MR) is 69.5 cm³/mol. The van der Waals surface area contributed by atoms with Crippen molar-refractivity contribution < 1.29 is 13.7 Å². The van der Waals surface area contributed by atoms with Crippen LogP contribution in [0.1, 0.15) is 12.8 Å². The van der Waals surface area contributed by atoms with Crippen molar-refractivity contribution >= 4 is 16.8 Å². The van der Waals surface area contributed by atoms with Gasteiger partial charge in [0.05, 0.1) is 6.61 Å². The van der Waals surface area contributed by atoms with Gasteiger partial charge in [0.25, 0.3) is 0 Å². The molecular formula is C13H16FN3O2. The molecule has 1 aromatic heterocycles. The maximum absolute atomic E-state index is 13.8. The van der Waals surface area contributed by atoms with Crippen LogP contribution in [0.3, 0.4) is 0 Å². The van der Waals surface area contributed by atoms with E-state index in [2.05, 4.69) is 10.5 Å². The third kappa shape index (κ3) is 2.49. The summed E-state index contributed by atoms with van der Waals surface area (Å²) < 4.78 is 24.4. The van der Waals surface area contributed by atoms with Crippen LogP contribution in [0.2, 0.25) is 0 Å². The topological polar surface area (TPSA) is 73.3 Å². The van der Waals surface area contributed by atoms with E-state index in [-0.39, 0.29) is 11.2 Å². The van der Waals surface area contributed by atoms with Crippen molar-refractivity contribution in [3.8, 4) is 5.75 Å². The Labute approximate surface area is 109 Å². The Balaban J connectivity index is 1.74. The SMILES string of the molecule is Nc1noc2cc(OCC3CCNCC3)cc(F)c12. The monoisotopic (exact) mass is 265 g/mol. The molecule has 0 atom stereocenters. The lowest BCUT2D eigenvalue weighted by Crippen LogP contribution is -2.30. The number of anilines is 1. The van der Waals surface area contributed by atoms with Gasteiger partial charge in [-0.05, 0) is 31.8 Å². The number of aromatic nitrogens is 1. The molecule has 5 nitrogen and oxygen atoms in total. The number of hydrogen-bond acceptors (Lipinski definition) is 5. The fraction of sp³-hybridized carbons (Fsp3) is 0.462. The molecule has 0 spiro atoms. The molecule has 0 aliphatic carbocycles. The van der Waals surface area contributed by atoms with Gasteiger partial charge in [0.15, 0.2) is 11.4 Å². The first-order chi connectivity index (χ1) is 9.24. The van der Waals surface area contributed by atoms with Gasteiger partial charge in [-0.15, -0.1) is 0 Å². The number of nitrogens with one attached hydrogen (secondary N) is 1. The van der Waals surface area contributed by atoms with Crippen LogP contribution in [-0.4, -0.2) is 24.9 Å². The molecule has 6 heteroatoms. The summed E-state index contributed by atoms with van der Waals surface area (Å²) >= 11 is 0. The number of hydrogen-bond donors (Lipinski definition) is 2. The van der Waals surface area contributed by atoms with Gasteiger partial charge >= 0.3 is 0 Å². The highest BCUT2D eigenvalue weighted by Crippen LogP contribution is 2.28. The minimum atomic E-state index is -0.462. The van der Waals surface area contributed by atoms with Crippen molar-refractivity contribution in [3.63, 3.8) is 0 Å². The fourth-order valence-electron chi connectivity index (χ4n) is 2.37. The number of fused-ring (bicyclic) bond motifs is 1. The Morgan fingerprint density at radius 3 is 3.00 bits per heavy atom. The van der Waals surface area contributed by atoms with E-state index in [0.717, 1.165) is 25.9 Å². The molecule has 0 radical (unpaired) electrons. The van der Waals surface area contributed by atoms with Gasteiger partial charge < -0.3 is 20.3 Å². The molecule has 19 heavy (non-hydrogen) atoms. The Morgan fingerprint density at radius 1 is 1.42 bits per heavy atom. The Kier molecular flexibility index (Phi) is 3.25. The largest absolute Gasteiger partial charge is 0.493 e. The van der Waals surface area contributed by atoms with Crippen LogP contribution in [-0.2, 0) is 0 Å². The van der Waals surface area contributed by atoms with E-state index in [1.165, 1.54) is 6.07 Å². The molecule has 0 saturated carbocycles. The third-order valence-electron chi connectivity index (χ3n) is 3.47. The molecule has 1 aliphatic rings. The van der Waals surface area contributed by atoms with Gasteiger partial charge in [0.1, 0.15) is 17.0 Å². The van der Waals surface area contributed by atoms with E-state index < -0.39 is 5.82 Å². The summed E-state index contributed by atoms with van der Waals surface area (Å²) in [7, 11) is 0. The normalized spacial score (nSPS) is 16.9. The molecule has 1 aliphatic heterocycles. The lowest BCUT2D eigenvalue weighted by Gasteiger charge is -2.22. The minimum absolute atomic E-state index is 0.0670. The lowest BCUT2D eigenvalue weighted by molar-refractivity contribution is 0.214. The first kappa shape index (κ1) is 12.2. The second-order valence-corrected chi connectivity index (χ2v) is 4.85. The zero-order valence-corrected chi connectivity index (χ0v) is 10.5. The number of benzene rings is 1. The molecule has 1 fully saturated rings. The smallest absolute Gasteiger partial charge is 0.177 e. The Morgan fingerprint density at radius 2 is 2.21 bits per heavy atom. The molecule has 2 aromatic rings. The second kappa shape index (κ2) is 5.05.